The molecular formula is C14H19N3O2. The van der Waals surface area contributed by atoms with Crippen LogP contribution >= 0.6 is 0 Å². The number of benzene rings is 1. The van der Waals surface area contributed by atoms with Gasteiger partial charge in [0.25, 0.3) is 0 Å². The summed E-state index contributed by atoms with van der Waals surface area (Å²) in [5, 5.41) is 0. The summed E-state index contributed by atoms with van der Waals surface area (Å²) in [4.78, 5) is 4.43. The molecule has 1 fully saturated rings. The van der Waals surface area contributed by atoms with Gasteiger partial charge in [-0.3, -0.25) is 0 Å². The Hall–Kier alpha value is -1.75. The van der Waals surface area contributed by atoms with E-state index >= 15 is 0 Å². The van der Waals surface area contributed by atoms with Crippen molar-refractivity contribution in [2.24, 2.45) is 0 Å². The van der Waals surface area contributed by atoms with E-state index in [1.54, 1.807) is 0 Å². The highest BCUT2D eigenvalue weighted by atomic mass is 16.5. The first-order chi connectivity index (χ1) is 9.29. The van der Waals surface area contributed by atoms with E-state index in [0.29, 0.717) is 12.6 Å². The average molecular weight is 261 g/mol. The molecule has 1 aliphatic rings. The number of hydrogen-bond acceptors (Lipinski definition) is 4. The zero-order valence-corrected chi connectivity index (χ0v) is 11.1. The maximum atomic E-state index is 6.04. The van der Waals surface area contributed by atoms with Crippen molar-refractivity contribution in [2.45, 2.75) is 32.4 Å². The molecule has 1 aliphatic heterocycles. The maximum Gasteiger partial charge on any atom is 0.201 e. The molecule has 0 saturated carbocycles. The summed E-state index contributed by atoms with van der Waals surface area (Å²) in [5.41, 5.74) is 7.88. The van der Waals surface area contributed by atoms with Crippen molar-refractivity contribution in [1.82, 2.24) is 9.55 Å². The minimum atomic E-state index is 0.246. The van der Waals surface area contributed by atoms with Gasteiger partial charge in [0.05, 0.1) is 24.8 Å². The van der Waals surface area contributed by atoms with E-state index in [1.165, 1.54) is 0 Å². The zero-order chi connectivity index (χ0) is 13.2. The van der Waals surface area contributed by atoms with Crippen LogP contribution in [-0.2, 0) is 11.3 Å². The lowest BCUT2D eigenvalue weighted by molar-refractivity contribution is 0.0984. The average Bonchev–Trinajstić information content (AvgIpc) is 3.01. The fourth-order valence-electron chi connectivity index (χ4n) is 2.60. The van der Waals surface area contributed by atoms with Crippen molar-refractivity contribution in [2.75, 3.05) is 18.9 Å². The Morgan fingerprint density at radius 3 is 3.16 bits per heavy atom. The standard InChI is InChI=1S/C14H19N3O2/c1-2-18-12-7-3-6-11-13(12)16-14(15)17(11)9-10-5-4-8-19-10/h3,6-7,10H,2,4-5,8-9H2,1H3,(H2,15,16). The smallest absolute Gasteiger partial charge is 0.201 e. The van der Waals surface area contributed by atoms with Crippen LogP contribution in [-0.4, -0.2) is 28.9 Å². The molecule has 2 heterocycles. The van der Waals surface area contributed by atoms with Crippen LogP contribution in [0.1, 0.15) is 19.8 Å². The Labute approximate surface area is 112 Å². The number of anilines is 1. The zero-order valence-electron chi connectivity index (χ0n) is 11.1. The number of rotatable bonds is 4. The molecule has 3 rings (SSSR count). The molecule has 1 atom stereocenters. The largest absolute Gasteiger partial charge is 0.492 e. The lowest BCUT2D eigenvalue weighted by Crippen LogP contribution is -2.16. The molecule has 5 heteroatoms. The number of aromatic nitrogens is 2. The number of fused-ring (bicyclic) bond motifs is 1. The minimum absolute atomic E-state index is 0.246. The topological polar surface area (TPSA) is 62.3 Å². The number of hydrogen-bond donors (Lipinski definition) is 1. The summed E-state index contributed by atoms with van der Waals surface area (Å²) in [6.45, 7) is 4.20. The fourth-order valence-corrected chi connectivity index (χ4v) is 2.60. The van der Waals surface area contributed by atoms with Crippen LogP contribution in [0.25, 0.3) is 11.0 Å². The number of para-hydroxylation sites is 1. The van der Waals surface area contributed by atoms with Gasteiger partial charge in [-0.1, -0.05) is 6.07 Å². The van der Waals surface area contributed by atoms with Gasteiger partial charge in [0.2, 0.25) is 5.95 Å². The van der Waals surface area contributed by atoms with Crippen LogP contribution in [0.3, 0.4) is 0 Å². The van der Waals surface area contributed by atoms with Crippen LogP contribution < -0.4 is 10.5 Å². The molecule has 5 nitrogen and oxygen atoms in total. The summed E-state index contributed by atoms with van der Waals surface area (Å²) in [5.74, 6) is 1.32. The molecule has 0 radical (unpaired) electrons. The summed E-state index contributed by atoms with van der Waals surface area (Å²) >= 11 is 0. The molecule has 2 aromatic rings. The van der Waals surface area contributed by atoms with E-state index < -0.39 is 0 Å². The van der Waals surface area contributed by atoms with Crippen molar-refractivity contribution in [1.29, 1.82) is 0 Å². The number of ether oxygens (including phenoxy) is 2. The van der Waals surface area contributed by atoms with Crippen molar-refractivity contribution >= 4 is 17.0 Å². The predicted molar refractivity (Wildman–Crippen MR) is 74.3 cm³/mol. The maximum absolute atomic E-state index is 6.04. The number of nitrogens with zero attached hydrogens (tertiary/aromatic N) is 2. The summed E-state index contributed by atoms with van der Waals surface area (Å²) in [7, 11) is 0. The molecular weight excluding hydrogens is 242 g/mol. The Morgan fingerprint density at radius 2 is 2.42 bits per heavy atom. The second-order valence-electron chi connectivity index (χ2n) is 4.77. The normalized spacial score (nSPS) is 19.1. The first kappa shape index (κ1) is 12.3. The molecule has 19 heavy (non-hydrogen) atoms. The molecule has 1 aromatic carbocycles. The molecule has 1 aromatic heterocycles. The predicted octanol–water partition coefficient (Wildman–Crippen LogP) is 2.20. The molecule has 0 aliphatic carbocycles. The van der Waals surface area contributed by atoms with Gasteiger partial charge >= 0.3 is 0 Å². The number of nitrogen functional groups attached to an aromatic ring is 1. The van der Waals surface area contributed by atoms with E-state index in [0.717, 1.165) is 42.8 Å². The number of imidazole rings is 1. The van der Waals surface area contributed by atoms with Crippen LogP contribution in [0, 0.1) is 0 Å². The lowest BCUT2D eigenvalue weighted by Gasteiger charge is -2.12. The quantitative estimate of drug-likeness (QED) is 0.916. The van der Waals surface area contributed by atoms with E-state index in [9.17, 15) is 0 Å². The monoisotopic (exact) mass is 261 g/mol. The summed E-state index contributed by atoms with van der Waals surface area (Å²) in [6.07, 6.45) is 2.46. The third kappa shape index (κ3) is 2.26. The van der Waals surface area contributed by atoms with Gasteiger partial charge in [-0.25, -0.2) is 4.98 Å². The third-order valence-electron chi connectivity index (χ3n) is 3.48. The fraction of sp³-hybridized carbons (Fsp3) is 0.500. The Bertz CT molecular complexity index is 573. The van der Waals surface area contributed by atoms with E-state index in [2.05, 4.69) is 4.98 Å². The highest BCUT2D eigenvalue weighted by Crippen LogP contribution is 2.28. The van der Waals surface area contributed by atoms with Gasteiger partial charge in [0, 0.05) is 6.61 Å². The van der Waals surface area contributed by atoms with Crippen LogP contribution in [0.2, 0.25) is 0 Å². The van der Waals surface area contributed by atoms with E-state index in [-0.39, 0.29) is 6.10 Å². The Morgan fingerprint density at radius 1 is 1.53 bits per heavy atom. The lowest BCUT2D eigenvalue weighted by atomic mass is 10.2. The van der Waals surface area contributed by atoms with Crippen molar-refractivity contribution in [3.8, 4) is 5.75 Å². The molecule has 1 unspecified atom stereocenters. The minimum Gasteiger partial charge on any atom is -0.492 e. The highest BCUT2D eigenvalue weighted by molar-refractivity contribution is 5.84. The second-order valence-corrected chi connectivity index (χ2v) is 4.77. The van der Waals surface area contributed by atoms with Crippen LogP contribution in [0.4, 0.5) is 5.95 Å². The molecule has 1 saturated heterocycles. The molecule has 0 bridgehead atoms. The molecule has 0 spiro atoms. The summed E-state index contributed by atoms with van der Waals surface area (Å²) in [6, 6.07) is 5.92. The molecule has 2 N–H and O–H groups in total. The van der Waals surface area contributed by atoms with Crippen LogP contribution in [0.15, 0.2) is 18.2 Å². The Balaban J connectivity index is 1.99. The number of nitrogens with two attached hydrogens (primary N) is 1. The Kier molecular flexibility index (Phi) is 3.29. The third-order valence-corrected chi connectivity index (χ3v) is 3.48. The second kappa shape index (κ2) is 5.09. The van der Waals surface area contributed by atoms with Crippen LogP contribution in [0.5, 0.6) is 5.75 Å². The van der Waals surface area contributed by atoms with Crippen molar-refractivity contribution < 1.29 is 9.47 Å². The van der Waals surface area contributed by atoms with Crippen molar-refractivity contribution in [3.05, 3.63) is 18.2 Å². The first-order valence-corrected chi connectivity index (χ1v) is 6.78. The van der Waals surface area contributed by atoms with Gasteiger partial charge in [-0.05, 0) is 31.9 Å². The molecule has 0 amide bonds. The van der Waals surface area contributed by atoms with E-state index in [1.807, 2.05) is 29.7 Å². The highest BCUT2D eigenvalue weighted by Gasteiger charge is 2.19. The first-order valence-electron chi connectivity index (χ1n) is 6.78. The molecule has 102 valence electrons. The van der Waals surface area contributed by atoms with Gasteiger partial charge in [0.1, 0.15) is 11.3 Å². The SMILES string of the molecule is CCOc1cccc2c1nc(N)n2CC1CCCO1. The summed E-state index contributed by atoms with van der Waals surface area (Å²) < 4.78 is 13.3. The van der Waals surface area contributed by atoms with Gasteiger partial charge in [0.15, 0.2) is 0 Å². The van der Waals surface area contributed by atoms with Crippen molar-refractivity contribution in [3.63, 3.8) is 0 Å². The van der Waals surface area contributed by atoms with E-state index in [4.69, 9.17) is 15.2 Å². The van der Waals surface area contributed by atoms with Gasteiger partial charge in [-0.2, -0.15) is 0 Å². The van der Waals surface area contributed by atoms with Gasteiger partial charge < -0.3 is 19.8 Å². The van der Waals surface area contributed by atoms with Gasteiger partial charge in [-0.15, -0.1) is 0 Å².